The molecule has 0 unspecified atom stereocenters. The average molecular weight is 259 g/mol. The molecule has 0 bridgehead atoms. The number of nitrogens with one attached hydrogen (secondary N) is 1. The molecule has 1 fully saturated rings. The lowest BCUT2D eigenvalue weighted by Gasteiger charge is -2.21. The van der Waals surface area contributed by atoms with Crippen LogP contribution in [-0.2, 0) is 4.84 Å². The Kier molecular flexibility index (Phi) is 3.46. The standard InChI is InChI=1S/C14H17N3O2/c18-14(19-16-12-7-2-1-3-8-12)17-13-9-5-4-6-11(13)10-15-17/h4-6,9-10,12,16H,1-3,7-8H2. The molecule has 1 N–H and O–H groups in total. The minimum atomic E-state index is -0.480. The number of carbonyl (C=O) groups excluding carboxylic acids is 1. The number of aromatic nitrogens is 2. The lowest BCUT2D eigenvalue weighted by molar-refractivity contribution is 0.0584. The first-order valence-electron chi connectivity index (χ1n) is 6.74. The molecule has 0 atom stereocenters. The van der Waals surface area contributed by atoms with Gasteiger partial charge in [-0.25, -0.2) is 4.79 Å². The molecule has 100 valence electrons. The third kappa shape index (κ3) is 2.61. The highest BCUT2D eigenvalue weighted by atomic mass is 16.7. The Balaban J connectivity index is 1.66. The van der Waals surface area contributed by atoms with Crippen molar-refractivity contribution in [1.82, 2.24) is 15.3 Å². The fourth-order valence-corrected chi connectivity index (χ4v) is 2.51. The minimum absolute atomic E-state index is 0.277. The highest BCUT2D eigenvalue weighted by molar-refractivity contribution is 5.87. The van der Waals surface area contributed by atoms with Crippen molar-refractivity contribution in [2.24, 2.45) is 0 Å². The van der Waals surface area contributed by atoms with Crippen molar-refractivity contribution >= 4 is 17.0 Å². The fraction of sp³-hybridized carbons (Fsp3) is 0.429. The van der Waals surface area contributed by atoms with Crippen LogP contribution in [-0.4, -0.2) is 21.9 Å². The van der Waals surface area contributed by atoms with Crippen LogP contribution in [0.15, 0.2) is 30.5 Å². The number of benzene rings is 1. The first kappa shape index (κ1) is 12.2. The van der Waals surface area contributed by atoms with Gasteiger partial charge in [-0.05, 0) is 18.9 Å². The van der Waals surface area contributed by atoms with Crippen LogP contribution in [0.5, 0.6) is 0 Å². The fourth-order valence-electron chi connectivity index (χ4n) is 2.51. The SMILES string of the molecule is O=C(ONC1CCCCC1)n1ncc2ccccc21. The normalized spacial score (nSPS) is 16.6. The average Bonchev–Trinajstić information content (AvgIpc) is 2.90. The van der Waals surface area contributed by atoms with E-state index >= 15 is 0 Å². The van der Waals surface area contributed by atoms with Crippen LogP contribution in [0.1, 0.15) is 32.1 Å². The third-order valence-corrected chi connectivity index (χ3v) is 3.57. The quantitative estimate of drug-likeness (QED) is 0.842. The molecule has 5 heteroatoms. The maximum Gasteiger partial charge on any atom is 0.454 e. The predicted octanol–water partition coefficient (Wildman–Crippen LogP) is 2.86. The Hall–Kier alpha value is -1.88. The number of hydrogen-bond donors (Lipinski definition) is 1. The first-order chi connectivity index (χ1) is 9.34. The van der Waals surface area contributed by atoms with Gasteiger partial charge in [0.05, 0.1) is 11.7 Å². The second-order valence-electron chi connectivity index (χ2n) is 4.94. The van der Waals surface area contributed by atoms with Crippen LogP contribution in [0.25, 0.3) is 10.9 Å². The smallest absolute Gasteiger partial charge is 0.352 e. The summed E-state index contributed by atoms with van der Waals surface area (Å²) in [6.07, 6.45) is 6.97. The molecule has 1 aliphatic rings. The predicted molar refractivity (Wildman–Crippen MR) is 71.6 cm³/mol. The van der Waals surface area contributed by atoms with Gasteiger partial charge in [0.2, 0.25) is 0 Å². The maximum absolute atomic E-state index is 12.0. The van der Waals surface area contributed by atoms with Crippen molar-refractivity contribution in [2.75, 3.05) is 0 Å². The summed E-state index contributed by atoms with van der Waals surface area (Å²) in [5, 5.41) is 4.99. The number of rotatable bonds is 2. The zero-order valence-corrected chi connectivity index (χ0v) is 10.7. The van der Waals surface area contributed by atoms with Gasteiger partial charge in [0.25, 0.3) is 0 Å². The van der Waals surface area contributed by atoms with Crippen LogP contribution in [0, 0.1) is 0 Å². The van der Waals surface area contributed by atoms with E-state index in [1.807, 2.05) is 24.3 Å². The highest BCUT2D eigenvalue weighted by Gasteiger charge is 2.17. The van der Waals surface area contributed by atoms with Crippen LogP contribution in [0.3, 0.4) is 0 Å². The van der Waals surface area contributed by atoms with Gasteiger partial charge in [-0.2, -0.15) is 9.78 Å². The van der Waals surface area contributed by atoms with Crippen molar-refractivity contribution in [3.8, 4) is 0 Å². The Bertz CT molecular complexity index is 573. The van der Waals surface area contributed by atoms with Crippen LogP contribution >= 0.6 is 0 Å². The summed E-state index contributed by atoms with van der Waals surface area (Å²) in [5.41, 5.74) is 3.63. The van der Waals surface area contributed by atoms with E-state index in [0.717, 1.165) is 23.7 Å². The molecule has 2 aromatic rings. The largest absolute Gasteiger partial charge is 0.454 e. The van der Waals surface area contributed by atoms with Gasteiger partial charge < -0.3 is 4.84 Å². The molecular formula is C14H17N3O2. The van der Waals surface area contributed by atoms with E-state index < -0.39 is 6.09 Å². The van der Waals surface area contributed by atoms with Crippen LogP contribution in [0.2, 0.25) is 0 Å². The lowest BCUT2D eigenvalue weighted by Crippen LogP contribution is -2.34. The molecule has 19 heavy (non-hydrogen) atoms. The zero-order chi connectivity index (χ0) is 13.1. The van der Waals surface area contributed by atoms with Gasteiger partial charge in [-0.1, -0.05) is 37.5 Å². The molecule has 5 nitrogen and oxygen atoms in total. The number of carbonyl (C=O) groups is 1. The summed E-state index contributed by atoms with van der Waals surface area (Å²) < 4.78 is 1.28. The van der Waals surface area contributed by atoms with Crippen molar-refractivity contribution in [2.45, 2.75) is 38.1 Å². The van der Waals surface area contributed by atoms with Crippen LogP contribution in [0.4, 0.5) is 4.79 Å². The van der Waals surface area contributed by atoms with Gasteiger partial charge in [-0.15, -0.1) is 5.48 Å². The topological polar surface area (TPSA) is 56.1 Å². The molecule has 0 aliphatic heterocycles. The van der Waals surface area contributed by atoms with E-state index in [9.17, 15) is 4.79 Å². The molecule has 0 saturated heterocycles. The summed E-state index contributed by atoms with van der Waals surface area (Å²) >= 11 is 0. The van der Waals surface area contributed by atoms with Crippen molar-refractivity contribution in [1.29, 1.82) is 0 Å². The molecule has 3 rings (SSSR count). The van der Waals surface area contributed by atoms with E-state index in [0.29, 0.717) is 0 Å². The van der Waals surface area contributed by atoms with E-state index in [1.165, 1.54) is 23.9 Å². The summed E-state index contributed by atoms with van der Waals surface area (Å²) in [7, 11) is 0. The third-order valence-electron chi connectivity index (χ3n) is 3.57. The molecular weight excluding hydrogens is 242 g/mol. The summed E-state index contributed by atoms with van der Waals surface area (Å²) in [4.78, 5) is 17.1. The van der Waals surface area contributed by atoms with Gasteiger partial charge in [0.15, 0.2) is 0 Å². The first-order valence-corrected chi connectivity index (χ1v) is 6.74. The Morgan fingerprint density at radius 2 is 2.05 bits per heavy atom. The van der Waals surface area contributed by atoms with E-state index in [4.69, 9.17) is 4.84 Å². The van der Waals surface area contributed by atoms with Crippen LogP contribution < -0.4 is 5.48 Å². The maximum atomic E-state index is 12.0. The molecule has 0 amide bonds. The number of nitrogens with zero attached hydrogens (tertiary/aromatic N) is 2. The van der Waals surface area contributed by atoms with E-state index in [2.05, 4.69) is 10.6 Å². The van der Waals surface area contributed by atoms with Gasteiger partial charge >= 0.3 is 6.09 Å². The number of para-hydroxylation sites is 1. The highest BCUT2D eigenvalue weighted by Crippen LogP contribution is 2.17. The van der Waals surface area contributed by atoms with E-state index in [1.54, 1.807) is 6.20 Å². The summed E-state index contributed by atoms with van der Waals surface area (Å²) in [6.45, 7) is 0. The summed E-state index contributed by atoms with van der Waals surface area (Å²) in [6, 6.07) is 7.84. The molecule has 1 aromatic carbocycles. The van der Waals surface area contributed by atoms with Crippen molar-refractivity contribution in [3.05, 3.63) is 30.5 Å². The molecule has 1 heterocycles. The second kappa shape index (κ2) is 5.40. The molecule has 1 aromatic heterocycles. The molecule has 0 spiro atoms. The van der Waals surface area contributed by atoms with Crippen molar-refractivity contribution < 1.29 is 9.63 Å². The molecule has 1 aliphatic carbocycles. The Labute approximate surface area is 111 Å². The van der Waals surface area contributed by atoms with Crippen molar-refractivity contribution in [3.63, 3.8) is 0 Å². The van der Waals surface area contributed by atoms with Gasteiger partial charge in [0, 0.05) is 11.4 Å². The minimum Gasteiger partial charge on any atom is -0.352 e. The number of hydroxylamine groups is 1. The number of fused-ring (bicyclic) bond motifs is 1. The Morgan fingerprint density at radius 1 is 1.26 bits per heavy atom. The van der Waals surface area contributed by atoms with Gasteiger partial charge in [-0.3, -0.25) is 0 Å². The summed E-state index contributed by atoms with van der Waals surface area (Å²) in [5.74, 6) is 0. The second-order valence-corrected chi connectivity index (χ2v) is 4.94. The molecule has 0 radical (unpaired) electrons. The van der Waals surface area contributed by atoms with E-state index in [-0.39, 0.29) is 6.04 Å². The lowest BCUT2D eigenvalue weighted by atomic mass is 9.96. The zero-order valence-electron chi connectivity index (χ0n) is 10.7. The monoisotopic (exact) mass is 259 g/mol. The number of hydrogen-bond acceptors (Lipinski definition) is 4. The Morgan fingerprint density at radius 3 is 2.89 bits per heavy atom. The van der Waals surface area contributed by atoms with Gasteiger partial charge in [0.1, 0.15) is 0 Å². The molecule has 1 saturated carbocycles.